The number of hydrogen-bond donors (Lipinski definition) is 1. The van der Waals surface area contributed by atoms with Crippen LogP contribution in [0.25, 0.3) is 0 Å². The molecular weight excluding hydrogens is 324 g/mol. The second-order valence-electron chi connectivity index (χ2n) is 5.55. The summed E-state index contributed by atoms with van der Waals surface area (Å²) in [7, 11) is -1.40. The highest BCUT2D eigenvalue weighted by atomic mass is 35.5. The maximum absolute atomic E-state index is 12.5. The number of rotatable bonds is 3. The maximum atomic E-state index is 12.5. The first-order valence-corrected chi connectivity index (χ1v) is 9.07. The fourth-order valence-electron chi connectivity index (χ4n) is 2.60. The molecule has 1 unspecified atom stereocenters. The van der Waals surface area contributed by atoms with Crippen LogP contribution >= 0.6 is 12.4 Å². The summed E-state index contributed by atoms with van der Waals surface area (Å²) in [5.41, 5.74) is 0.530. The first-order chi connectivity index (χ1) is 9.89. The quantitative estimate of drug-likeness (QED) is 0.905. The van der Waals surface area contributed by atoms with E-state index >= 15 is 0 Å². The van der Waals surface area contributed by atoms with Crippen molar-refractivity contribution in [1.82, 2.24) is 10.2 Å². The molecule has 1 aromatic rings. The number of nitrogens with zero attached hydrogens (tertiary/aromatic N) is 1. The molecule has 7 heteroatoms. The second kappa shape index (κ2) is 7.94. The topological polar surface area (TPSA) is 66.5 Å². The molecule has 1 amide bonds. The molecule has 1 N–H and O–H groups in total. The molecular formula is C15H23ClN2O3S. The van der Waals surface area contributed by atoms with Crippen LogP contribution in [-0.4, -0.2) is 51.7 Å². The Morgan fingerprint density at radius 1 is 1.18 bits per heavy atom. The van der Waals surface area contributed by atoms with Gasteiger partial charge >= 0.3 is 0 Å². The fourth-order valence-corrected chi connectivity index (χ4v) is 3.23. The van der Waals surface area contributed by atoms with Gasteiger partial charge in [0.1, 0.15) is 0 Å². The minimum atomic E-state index is -3.22. The molecule has 1 aliphatic rings. The first-order valence-electron chi connectivity index (χ1n) is 7.17. The van der Waals surface area contributed by atoms with Crippen molar-refractivity contribution in [2.75, 3.05) is 26.4 Å². The molecule has 1 saturated heterocycles. The molecule has 0 aliphatic carbocycles. The van der Waals surface area contributed by atoms with Gasteiger partial charge in [0.15, 0.2) is 9.84 Å². The van der Waals surface area contributed by atoms with Gasteiger partial charge in [0.2, 0.25) is 0 Å². The van der Waals surface area contributed by atoms with Gasteiger partial charge in [-0.3, -0.25) is 4.79 Å². The van der Waals surface area contributed by atoms with E-state index in [2.05, 4.69) is 5.32 Å². The van der Waals surface area contributed by atoms with E-state index in [1.165, 1.54) is 12.1 Å². The fraction of sp³-hybridized carbons (Fsp3) is 0.533. The van der Waals surface area contributed by atoms with Crippen LogP contribution in [0.4, 0.5) is 0 Å². The Balaban J connectivity index is 0.00000242. The highest BCUT2D eigenvalue weighted by Gasteiger charge is 2.22. The van der Waals surface area contributed by atoms with Crippen LogP contribution in [0.1, 0.15) is 29.6 Å². The third-order valence-electron chi connectivity index (χ3n) is 3.94. The number of carbonyl (C=O) groups excluding carboxylic acids is 1. The predicted octanol–water partition coefficient (Wildman–Crippen LogP) is 1.73. The van der Waals surface area contributed by atoms with Gasteiger partial charge in [-0.2, -0.15) is 0 Å². The van der Waals surface area contributed by atoms with Crippen molar-refractivity contribution in [3.8, 4) is 0 Å². The number of halogens is 1. The minimum absolute atomic E-state index is 0. The smallest absolute Gasteiger partial charge is 0.253 e. The lowest BCUT2D eigenvalue weighted by molar-refractivity contribution is 0.0720. The third kappa shape index (κ3) is 4.69. The van der Waals surface area contributed by atoms with Crippen LogP contribution in [0.5, 0.6) is 0 Å². The standard InChI is InChI=1S/C15H22N2O3S.ClH/c1-17(13-4-3-10-16-11-9-13)15(18)12-5-7-14(8-6-12)21(2,19)20;/h5-8,13,16H,3-4,9-11H2,1-2H3;1H. The normalized spacial score (nSPS) is 18.9. The lowest BCUT2D eigenvalue weighted by Gasteiger charge is -2.27. The van der Waals surface area contributed by atoms with Crippen LogP contribution in [-0.2, 0) is 9.84 Å². The van der Waals surface area contributed by atoms with Gasteiger partial charge in [0.25, 0.3) is 5.91 Å². The van der Waals surface area contributed by atoms with E-state index in [4.69, 9.17) is 0 Å². The molecule has 1 atom stereocenters. The molecule has 0 bridgehead atoms. The highest BCUT2D eigenvalue weighted by Crippen LogP contribution is 2.16. The number of amides is 1. The van der Waals surface area contributed by atoms with Gasteiger partial charge < -0.3 is 10.2 Å². The number of benzene rings is 1. The Hall–Kier alpha value is -1.11. The zero-order valence-corrected chi connectivity index (χ0v) is 14.5. The SMILES string of the molecule is CN(C(=O)c1ccc(S(C)(=O)=O)cc1)C1CCCNCC1.Cl. The molecule has 1 aliphatic heterocycles. The Kier molecular flexibility index (Phi) is 6.84. The molecule has 5 nitrogen and oxygen atoms in total. The Morgan fingerprint density at radius 2 is 1.82 bits per heavy atom. The van der Waals surface area contributed by atoms with E-state index in [0.29, 0.717) is 5.56 Å². The Labute approximate surface area is 138 Å². The molecule has 0 saturated carbocycles. The van der Waals surface area contributed by atoms with Crippen molar-refractivity contribution in [2.45, 2.75) is 30.2 Å². The van der Waals surface area contributed by atoms with E-state index in [1.807, 2.05) is 7.05 Å². The molecule has 0 spiro atoms. The van der Waals surface area contributed by atoms with Crippen molar-refractivity contribution in [3.05, 3.63) is 29.8 Å². The summed E-state index contributed by atoms with van der Waals surface area (Å²) in [6.45, 7) is 1.93. The third-order valence-corrected chi connectivity index (χ3v) is 5.07. The van der Waals surface area contributed by atoms with Crippen molar-refractivity contribution in [1.29, 1.82) is 0 Å². The average Bonchev–Trinajstić information content (AvgIpc) is 2.74. The molecule has 1 heterocycles. The Morgan fingerprint density at radius 3 is 2.41 bits per heavy atom. The summed E-state index contributed by atoms with van der Waals surface area (Å²) in [6.07, 6.45) is 4.17. The van der Waals surface area contributed by atoms with E-state index in [9.17, 15) is 13.2 Å². The van der Waals surface area contributed by atoms with Crippen molar-refractivity contribution in [2.24, 2.45) is 0 Å². The number of nitrogens with one attached hydrogen (secondary N) is 1. The zero-order valence-electron chi connectivity index (χ0n) is 12.9. The molecule has 0 aromatic heterocycles. The number of carbonyl (C=O) groups is 1. The zero-order chi connectivity index (χ0) is 15.5. The van der Waals surface area contributed by atoms with Crippen LogP contribution in [0, 0.1) is 0 Å². The van der Waals surface area contributed by atoms with Crippen molar-refractivity contribution in [3.63, 3.8) is 0 Å². The van der Waals surface area contributed by atoms with Gasteiger partial charge in [-0.15, -0.1) is 12.4 Å². The summed E-state index contributed by atoms with van der Waals surface area (Å²) in [5.74, 6) is -0.0537. The summed E-state index contributed by atoms with van der Waals surface area (Å²) >= 11 is 0. The molecule has 1 aromatic carbocycles. The van der Waals surface area contributed by atoms with Crippen LogP contribution < -0.4 is 5.32 Å². The molecule has 1 fully saturated rings. The largest absolute Gasteiger partial charge is 0.339 e. The molecule has 0 radical (unpaired) electrons. The first kappa shape index (κ1) is 18.9. The van der Waals surface area contributed by atoms with E-state index in [0.717, 1.165) is 38.6 Å². The second-order valence-corrected chi connectivity index (χ2v) is 7.56. The molecule has 22 heavy (non-hydrogen) atoms. The average molecular weight is 347 g/mol. The van der Waals surface area contributed by atoms with Gasteiger partial charge in [0.05, 0.1) is 4.90 Å². The minimum Gasteiger partial charge on any atom is -0.339 e. The summed E-state index contributed by atoms with van der Waals surface area (Å²) in [6, 6.07) is 6.40. The molecule has 2 rings (SSSR count). The monoisotopic (exact) mass is 346 g/mol. The summed E-state index contributed by atoms with van der Waals surface area (Å²) < 4.78 is 22.9. The van der Waals surface area contributed by atoms with Crippen LogP contribution in [0.2, 0.25) is 0 Å². The van der Waals surface area contributed by atoms with Crippen LogP contribution in [0.3, 0.4) is 0 Å². The van der Waals surface area contributed by atoms with E-state index in [1.54, 1.807) is 17.0 Å². The lowest BCUT2D eigenvalue weighted by Crippen LogP contribution is -2.37. The van der Waals surface area contributed by atoms with Crippen LogP contribution in [0.15, 0.2) is 29.2 Å². The lowest BCUT2D eigenvalue weighted by atomic mass is 10.1. The summed E-state index contributed by atoms with van der Waals surface area (Å²) in [5, 5.41) is 3.33. The molecule has 124 valence electrons. The van der Waals surface area contributed by atoms with E-state index in [-0.39, 0.29) is 29.3 Å². The van der Waals surface area contributed by atoms with Crippen molar-refractivity contribution < 1.29 is 13.2 Å². The Bertz CT molecular complexity index is 594. The van der Waals surface area contributed by atoms with Gasteiger partial charge in [-0.25, -0.2) is 8.42 Å². The van der Waals surface area contributed by atoms with Gasteiger partial charge in [0, 0.05) is 24.9 Å². The number of sulfone groups is 1. The summed E-state index contributed by atoms with van der Waals surface area (Å²) in [4.78, 5) is 14.5. The van der Waals surface area contributed by atoms with Gasteiger partial charge in [-0.1, -0.05) is 0 Å². The number of hydrogen-bond acceptors (Lipinski definition) is 4. The maximum Gasteiger partial charge on any atom is 0.253 e. The highest BCUT2D eigenvalue weighted by molar-refractivity contribution is 7.90. The predicted molar refractivity (Wildman–Crippen MR) is 89.4 cm³/mol. The van der Waals surface area contributed by atoms with Gasteiger partial charge in [-0.05, 0) is 56.6 Å². The van der Waals surface area contributed by atoms with Crippen molar-refractivity contribution >= 4 is 28.2 Å². The van der Waals surface area contributed by atoms with E-state index < -0.39 is 9.84 Å².